The van der Waals surface area contributed by atoms with Crippen molar-refractivity contribution in [1.82, 2.24) is 0 Å². The van der Waals surface area contributed by atoms with Crippen molar-refractivity contribution in [3.05, 3.63) is 34.9 Å². The van der Waals surface area contributed by atoms with Crippen LogP contribution in [0.15, 0.2) is 29.3 Å². The molecule has 1 fully saturated rings. The molecule has 0 amide bonds. The van der Waals surface area contributed by atoms with Gasteiger partial charge in [0.1, 0.15) is 11.3 Å². The standard InChI is InChI=1S/C15H13ClN4O2/c1-21-15(22-2)14(8-18)11(9-4-3-5-10(16)6-9)13(14,7-17)12(19)20-15/h3-6,11H,1-2H3,(H2,19,20)/t11-,13-,14+/m0/s1. The number of hydrogen-bond acceptors (Lipinski definition) is 6. The van der Waals surface area contributed by atoms with Crippen LogP contribution in [0.1, 0.15) is 11.5 Å². The van der Waals surface area contributed by atoms with Gasteiger partial charge in [-0.05, 0) is 17.7 Å². The van der Waals surface area contributed by atoms with E-state index in [0.29, 0.717) is 5.02 Å². The number of nitrogens with zero attached hydrogens (tertiary/aromatic N) is 3. The number of benzene rings is 1. The molecule has 1 aliphatic heterocycles. The molecule has 3 atom stereocenters. The van der Waals surface area contributed by atoms with Crippen molar-refractivity contribution in [1.29, 1.82) is 10.5 Å². The van der Waals surface area contributed by atoms with Crippen molar-refractivity contribution in [3.8, 4) is 12.1 Å². The first kappa shape index (κ1) is 14.8. The molecule has 2 N–H and O–H groups in total. The van der Waals surface area contributed by atoms with E-state index in [9.17, 15) is 10.5 Å². The van der Waals surface area contributed by atoms with E-state index < -0.39 is 22.7 Å². The Morgan fingerprint density at radius 2 is 1.95 bits per heavy atom. The van der Waals surface area contributed by atoms with Crippen LogP contribution in [0.25, 0.3) is 0 Å². The summed E-state index contributed by atoms with van der Waals surface area (Å²) in [6.07, 6.45) is 0. The molecule has 6 nitrogen and oxygen atoms in total. The van der Waals surface area contributed by atoms with Gasteiger partial charge in [-0.1, -0.05) is 23.7 Å². The molecule has 112 valence electrons. The summed E-state index contributed by atoms with van der Waals surface area (Å²) in [7, 11) is 2.75. The Bertz CT molecular complexity index is 762. The Labute approximate surface area is 132 Å². The van der Waals surface area contributed by atoms with E-state index in [-0.39, 0.29) is 5.84 Å². The zero-order valence-electron chi connectivity index (χ0n) is 12.0. The van der Waals surface area contributed by atoms with Crippen molar-refractivity contribution in [2.24, 2.45) is 21.6 Å². The number of nitrogens with two attached hydrogens (primary N) is 1. The van der Waals surface area contributed by atoms with Crippen LogP contribution in [0.3, 0.4) is 0 Å². The highest BCUT2D eigenvalue weighted by atomic mass is 35.5. The van der Waals surface area contributed by atoms with Gasteiger partial charge in [-0.25, -0.2) is 4.99 Å². The van der Waals surface area contributed by atoms with Gasteiger partial charge >= 0.3 is 0 Å². The van der Waals surface area contributed by atoms with Crippen LogP contribution in [0.5, 0.6) is 0 Å². The molecular weight excluding hydrogens is 304 g/mol. The van der Waals surface area contributed by atoms with Crippen LogP contribution in [-0.4, -0.2) is 26.0 Å². The second-order valence-corrected chi connectivity index (χ2v) is 5.75. The zero-order valence-corrected chi connectivity index (χ0v) is 12.8. The third-order valence-corrected chi connectivity index (χ3v) is 4.90. The topological polar surface area (TPSA) is 104 Å². The van der Waals surface area contributed by atoms with Gasteiger partial charge in [0.2, 0.25) is 0 Å². The molecule has 0 saturated heterocycles. The number of halogens is 1. The fourth-order valence-corrected chi connectivity index (χ4v) is 3.91. The van der Waals surface area contributed by atoms with Gasteiger partial charge < -0.3 is 15.2 Å². The molecule has 7 heteroatoms. The van der Waals surface area contributed by atoms with E-state index in [0.717, 1.165) is 5.56 Å². The summed E-state index contributed by atoms with van der Waals surface area (Å²) >= 11 is 6.04. The molecule has 0 unspecified atom stereocenters. The summed E-state index contributed by atoms with van der Waals surface area (Å²) in [6, 6.07) is 11.4. The summed E-state index contributed by atoms with van der Waals surface area (Å²) in [5, 5.41) is 20.1. The highest BCUT2D eigenvalue weighted by molar-refractivity contribution is 6.30. The number of hydrogen-bond donors (Lipinski definition) is 1. The molecular formula is C15H13ClN4O2. The maximum Gasteiger partial charge on any atom is 0.292 e. The molecule has 2 aliphatic rings. The first-order valence-corrected chi connectivity index (χ1v) is 6.91. The summed E-state index contributed by atoms with van der Waals surface area (Å²) < 4.78 is 10.8. The largest absolute Gasteiger partial charge is 0.386 e. The number of fused-ring (bicyclic) bond motifs is 1. The monoisotopic (exact) mass is 316 g/mol. The zero-order chi connectivity index (χ0) is 16.2. The second-order valence-electron chi connectivity index (χ2n) is 5.31. The number of rotatable bonds is 3. The van der Waals surface area contributed by atoms with Gasteiger partial charge in [0.15, 0.2) is 5.41 Å². The van der Waals surface area contributed by atoms with Crippen LogP contribution in [0, 0.1) is 33.5 Å². The highest BCUT2D eigenvalue weighted by Crippen LogP contribution is 2.81. The summed E-state index contributed by atoms with van der Waals surface area (Å²) in [6.45, 7) is 0. The average Bonchev–Trinajstić information content (AvgIpc) is 3.11. The highest BCUT2D eigenvalue weighted by Gasteiger charge is 2.93. The maximum atomic E-state index is 9.86. The minimum atomic E-state index is -1.60. The van der Waals surface area contributed by atoms with Crippen LogP contribution in [0.4, 0.5) is 0 Å². The number of ether oxygens (including phenoxy) is 2. The van der Waals surface area contributed by atoms with E-state index in [2.05, 4.69) is 17.1 Å². The predicted octanol–water partition coefficient (Wildman–Crippen LogP) is 1.77. The third kappa shape index (κ3) is 1.29. The second kappa shape index (κ2) is 4.44. The lowest BCUT2D eigenvalue weighted by Gasteiger charge is -2.29. The Hall–Kier alpha value is -2.12. The number of aliphatic imine (C=N–C) groups is 1. The molecule has 1 aromatic carbocycles. The van der Waals surface area contributed by atoms with Gasteiger partial charge in [0.25, 0.3) is 5.91 Å². The number of amidine groups is 1. The molecule has 0 radical (unpaired) electrons. The Balaban J connectivity index is 2.26. The van der Waals surface area contributed by atoms with Gasteiger partial charge in [-0.2, -0.15) is 10.5 Å². The summed E-state index contributed by atoms with van der Waals surface area (Å²) in [5.74, 6) is -2.08. The minimum absolute atomic E-state index is 0.0465. The Morgan fingerprint density at radius 1 is 1.27 bits per heavy atom. The van der Waals surface area contributed by atoms with Crippen molar-refractivity contribution < 1.29 is 9.47 Å². The molecule has 0 spiro atoms. The van der Waals surface area contributed by atoms with Crippen molar-refractivity contribution >= 4 is 17.4 Å². The van der Waals surface area contributed by atoms with Crippen LogP contribution < -0.4 is 5.73 Å². The van der Waals surface area contributed by atoms with Gasteiger partial charge in [0.05, 0.1) is 12.1 Å². The SMILES string of the molecule is COC1(OC)N=C(N)[C@]2(C#N)[C@H](c3cccc(Cl)c3)[C@@]12C#N. The Morgan fingerprint density at radius 3 is 2.45 bits per heavy atom. The quantitative estimate of drug-likeness (QED) is 0.856. The van der Waals surface area contributed by atoms with Crippen LogP contribution in [0.2, 0.25) is 5.02 Å². The average molecular weight is 317 g/mol. The predicted molar refractivity (Wildman–Crippen MR) is 78.7 cm³/mol. The van der Waals surface area contributed by atoms with E-state index in [1.807, 2.05) is 0 Å². The van der Waals surface area contributed by atoms with Crippen molar-refractivity contribution in [3.63, 3.8) is 0 Å². The molecule has 1 saturated carbocycles. The van der Waals surface area contributed by atoms with Gasteiger partial charge in [-0.15, -0.1) is 0 Å². The fraction of sp³-hybridized carbons (Fsp3) is 0.400. The molecule has 1 heterocycles. The molecule has 1 aromatic rings. The normalized spacial score (nSPS) is 34.2. The molecule has 3 rings (SSSR count). The molecule has 0 aromatic heterocycles. The lowest BCUT2D eigenvalue weighted by molar-refractivity contribution is -0.230. The van der Waals surface area contributed by atoms with E-state index >= 15 is 0 Å². The summed E-state index contributed by atoms with van der Waals surface area (Å²) in [4.78, 5) is 4.14. The van der Waals surface area contributed by atoms with Crippen LogP contribution >= 0.6 is 11.6 Å². The first-order chi connectivity index (χ1) is 10.5. The Kier molecular flexibility index (Phi) is 2.99. The van der Waals surface area contributed by atoms with Crippen molar-refractivity contribution in [2.45, 2.75) is 11.8 Å². The number of nitriles is 2. The lowest BCUT2D eigenvalue weighted by Crippen LogP contribution is -2.41. The molecule has 1 aliphatic carbocycles. The third-order valence-electron chi connectivity index (χ3n) is 4.66. The van der Waals surface area contributed by atoms with Gasteiger partial charge in [0, 0.05) is 25.2 Å². The lowest BCUT2D eigenvalue weighted by atomic mass is 9.93. The van der Waals surface area contributed by atoms with Crippen molar-refractivity contribution in [2.75, 3.05) is 14.2 Å². The maximum absolute atomic E-state index is 9.86. The molecule has 0 bridgehead atoms. The first-order valence-electron chi connectivity index (χ1n) is 6.53. The van der Waals surface area contributed by atoms with Crippen LogP contribution in [-0.2, 0) is 9.47 Å². The minimum Gasteiger partial charge on any atom is -0.386 e. The molecule has 22 heavy (non-hydrogen) atoms. The van der Waals surface area contributed by atoms with E-state index in [1.165, 1.54) is 14.2 Å². The van der Waals surface area contributed by atoms with Gasteiger partial charge in [-0.3, -0.25) is 0 Å². The summed E-state index contributed by atoms with van der Waals surface area (Å²) in [5.41, 5.74) is 4.11. The van der Waals surface area contributed by atoms with E-state index in [1.54, 1.807) is 24.3 Å². The van der Waals surface area contributed by atoms with E-state index in [4.69, 9.17) is 26.8 Å². The smallest absolute Gasteiger partial charge is 0.292 e. The number of methoxy groups -OCH3 is 2. The fourth-order valence-electron chi connectivity index (χ4n) is 3.71.